The molecule has 0 fully saturated rings. The molecule has 0 amide bonds. The zero-order chi connectivity index (χ0) is 10.5. The number of rotatable bonds is 4. The zero-order valence-electron chi connectivity index (χ0n) is 8.73. The lowest BCUT2D eigenvalue weighted by molar-refractivity contribution is 1.10. The predicted octanol–water partition coefficient (Wildman–Crippen LogP) is 3.32. The number of benzene rings is 1. The fraction of sp³-hybridized carbons (Fsp3) is 0.250. The molecule has 3 heteroatoms. The van der Waals surface area contributed by atoms with Gasteiger partial charge in [0.2, 0.25) is 0 Å². The Kier molecular flexibility index (Phi) is 3.35. The predicted molar refractivity (Wildman–Crippen MR) is 65.3 cm³/mol. The van der Waals surface area contributed by atoms with Crippen LogP contribution >= 0.6 is 11.3 Å². The quantitative estimate of drug-likeness (QED) is 0.851. The first-order valence-electron chi connectivity index (χ1n) is 5.09. The number of nitrogens with zero attached hydrogens (tertiary/aromatic N) is 1. The van der Waals surface area contributed by atoms with Gasteiger partial charge < -0.3 is 5.32 Å². The SMILES string of the molecule is CCc1ccc(CNc2nccs2)cc1. The first-order valence-corrected chi connectivity index (χ1v) is 5.97. The van der Waals surface area contributed by atoms with Crippen LogP contribution in [0.5, 0.6) is 0 Å². The Balaban J connectivity index is 1.93. The molecule has 1 aromatic carbocycles. The molecule has 0 aliphatic heterocycles. The maximum atomic E-state index is 4.17. The van der Waals surface area contributed by atoms with Crippen LogP contribution in [0.2, 0.25) is 0 Å². The van der Waals surface area contributed by atoms with E-state index < -0.39 is 0 Å². The Morgan fingerprint density at radius 1 is 1.20 bits per heavy atom. The summed E-state index contributed by atoms with van der Waals surface area (Å²) in [6, 6.07) is 8.69. The summed E-state index contributed by atoms with van der Waals surface area (Å²) in [5.41, 5.74) is 2.68. The molecule has 0 unspecified atom stereocenters. The van der Waals surface area contributed by atoms with Crippen molar-refractivity contribution in [3.8, 4) is 0 Å². The smallest absolute Gasteiger partial charge is 0.182 e. The molecule has 0 saturated heterocycles. The van der Waals surface area contributed by atoms with Gasteiger partial charge in [0.15, 0.2) is 5.13 Å². The number of hydrogen-bond donors (Lipinski definition) is 1. The summed E-state index contributed by atoms with van der Waals surface area (Å²) in [4.78, 5) is 4.17. The molecule has 0 atom stereocenters. The first kappa shape index (κ1) is 10.2. The standard InChI is InChI=1S/C12H14N2S/c1-2-10-3-5-11(6-4-10)9-14-12-13-7-8-15-12/h3-8H,2,9H2,1H3,(H,13,14). The molecule has 0 spiro atoms. The van der Waals surface area contributed by atoms with E-state index in [-0.39, 0.29) is 0 Å². The van der Waals surface area contributed by atoms with E-state index >= 15 is 0 Å². The largest absolute Gasteiger partial charge is 0.357 e. The maximum Gasteiger partial charge on any atom is 0.182 e. The van der Waals surface area contributed by atoms with Crippen molar-refractivity contribution in [3.63, 3.8) is 0 Å². The van der Waals surface area contributed by atoms with Crippen molar-refractivity contribution in [3.05, 3.63) is 47.0 Å². The Bertz CT molecular complexity index is 392. The van der Waals surface area contributed by atoms with Crippen LogP contribution in [0, 0.1) is 0 Å². The van der Waals surface area contributed by atoms with Crippen LogP contribution in [-0.4, -0.2) is 4.98 Å². The second-order valence-electron chi connectivity index (χ2n) is 3.36. The van der Waals surface area contributed by atoms with Crippen molar-refractivity contribution < 1.29 is 0 Å². The average molecular weight is 218 g/mol. The van der Waals surface area contributed by atoms with Gasteiger partial charge in [0.1, 0.15) is 0 Å². The van der Waals surface area contributed by atoms with E-state index in [9.17, 15) is 0 Å². The van der Waals surface area contributed by atoms with Crippen LogP contribution in [0.25, 0.3) is 0 Å². The zero-order valence-corrected chi connectivity index (χ0v) is 9.55. The second-order valence-corrected chi connectivity index (χ2v) is 4.26. The van der Waals surface area contributed by atoms with E-state index in [1.54, 1.807) is 11.3 Å². The molecule has 0 saturated carbocycles. The summed E-state index contributed by atoms with van der Waals surface area (Å²) in [6.07, 6.45) is 2.91. The van der Waals surface area contributed by atoms with Crippen LogP contribution in [0.3, 0.4) is 0 Å². The molecule has 0 radical (unpaired) electrons. The van der Waals surface area contributed by atoms with E-state index in [1.807, 2.05) is 11.6 Å². The van der Waals surface area contributed by atoms with Crippen LogP contribution < -0.4 is 5.32 Å². The molecule has 1 heterocycles. The van der Waals surface area contributed by atoms with Crippen molar-refractivity contribution in [2.45, 2.75) is 19.9 Å². The van der Waals surface area contributed by atoms with Gasteiger partial charge in [-0.05, 0) is 17.5 Å². The maximum absolute atomic E-state index is 4.17. The Morgan fingerprint density at radius 2 is 1.93 bits per heavy atom. The molecule has 78 valence electrons. The molecule has 0 aliphatic carbocycles. The highest BCUT2D eigenvalue weighted by atomic mass is 32.1. The summed E-state index contributed by atoms with van der Waals surface area (Å²) in [5, 5.41) is 6.24. The molecular formula is C12H14N2S. The molecule has 2 nitrogen and oxygen atoms in total. The highest BCUT2D eigenvalue weighted by molar-refractivity contribution is 7.13. The minimum atomic E-state index is 0.845. The summed E-state index contributed by atoms with van der Waals surface area (Å²) in [7, 11) is 0. The third-order valence-electron chi connectivity index (χ3n) is 2.31. The second kappa shape index (κ2) is 4.94. The van der Waals surface area contributed by atoms with Gasteiger partial charge in [-0.25, -0.2) is 4.98 Å². The number of hydrogen-bond acceptors (Lipinski definition) is 3. The van der Waals surface area contributed by atoms with Crippen LogP contribution in [0.4, 0.5) is 5.13 Å². The van der Waals surface area contributed by atoms with Gasteiger partial charge in [0.05, 0.1) is 0 Å². The monoisotopic (exact) mass is 218 g/mol. The van der Waals surface area contributed by atoms with Crippen LogP contribution in [-0.2, 0) is 13.0 Å². The summed E-state index contributed by atoms with van der Waals surface area (Å²) >= 11 is 1.63. The van der Waals surface area contributed by atoms with E-state index in [4.69, 9.17) is 0 Å². The van der Waals surface area contributed by atoms with Gasteiger partial charge in [-0.3, -0.25) is 0 Å². The van der Waals surface area contributed by atoms with Gasteiger partial charge in [-0.2, -0.15) is 0 Å². The third kappa shape index (κ3) is 2.80. The van der Waals surface area contributed by atoms with E-state index in [0.29, 0.717) is 0 Å². The number of aryl methyl sites for hydroxylation is 1. The Labute approximate surface area is 94.0 Å². The summed E-state index contributed by atoms with van der Waals surface area (Å²) in [6.45, 7) is 3.01. The highest BCUT2D eigenvalue weighted by Crippen LogP contribution is 2.12. The third-order valence-corrected chi connectivity index (χ3v) is 3.04. The molecule has 2 aromatic rings. The van der Waals surface area contributed by atoms with Crippen molar-refractivity contribution >= 4 is 16.5 Å². The van der Waals surface area contributed by atoms with Crippen molar-refractivity contribution in [1.82, 2.24) is 4.98 Å². The lowest BCUT2D eigenvalue weighted by atomic mass is 10.1. The molecule has 1 aromatic heterocycles. The fourth-order valence-corrected chi connectivity index (χ4v) is 1.91. The highest BCUT2D eigenvalue weighted by Gasteiger charge is 1.95. The summed E-state index contributed by atoms with van der Waals surface area (Å²) in [5.74, 6) is 0. The van der Waals surface area contributed by atoms with Gasteiger partial charge >= 0.3 is 0 Å². The first-order chi connectivity index (χ1) is 7.38. The number of nitrogens with one attached hydrogen (secondary N) is 1. The molecule has 0 bridgehead atoms. The molecule has 15 heavy (non-hydrogen) atoms. The van der Waals surface area contributed by atoms with Gasteiger partial charge in [0, 0.05) is 18.1 Å². The van der Waals surface area contributed by atoms with Gasteiger partial charge in [-0.15, -0.1) is 11.3 Å². The van der Waals surface area contributed by atoms with Gasteiger partial charge in [-0.1, -0.05) is 31.2 Å². The Hall–Kier alpha value is -1.35. The van der Waals surface area contributed by atoms with E-state index in [1.165, 1.54) is 11.1 Å². The molecule has 2 rings (SSSR count). The van der Waals surface area contributed by atoms with E-state index in [2.05, 4.69) is 41.5 Å². The topological polar surface area (TPSA) is 24.9 Å². The average Bonchev–Trinajstić information content (AvgIpc) is 2.80. The van der Waals surface area contributed by atoms with Crippen molar-refractivity contribution in [1.29, 1.82) is 0 Å². The van der Waals surface area contributed by atoms with Crippen LogP contribution in [0.15, 0.2) is 35.8 Å². The van der Waals surface area contributed by atoms with Gasteiger partial charge in [0.25, 0.3) is 0 Å². The lowest BCUT2D eigenvalue weighted by Crippen LogP contribution is -1.98. The van der Waals surface area contributed by atoms with Crippen LogP contribution in [0.1, 0.15) is 18.1 Å². The minimum absolute atomic E-state index is 0.845. The van der Waals surface area contributed by atoms with Crippen molar-refractivity contribution in [2.75, 3.05) is 5.32 Å². The normalized spacial score (nSPS) is 10.2. The van der Waals surface area contributed by atoms with Crippen molar-refractivity contribution in [2.24, 2.45) is 0 Å². The van der Waals surface area contributed by atoms with E-state index in [0.717, 1.165) is 18.1 Å². The lowest BCUT2D eigenvalue weighted by Gasteiger charge is -2.03. The number of aromatic nitrogens is 1. The summed E-state index contributed by atoms with van der Waals surface area (Å²) < 4.78 is 0. The number of thiazole rings is 1. The molecule has 0 aliphatic rings. The molecular weight excluding hydrogens is 204 g/mol. The minimum Gasteiger partial charge on any atom is -0.357 e. The Morgan fingerprint density at radius 3 is 2.53 bits per heavy atom. The fourth-order valence-electron chi connectivity index (χ4n) is 1.38. The number of anilines is 1. The molecule has 1 N–H and O–H groups in total.